The lowest BCUT2D eigenvalue weighted by molar-refractivity contribution is 0.425. The SMILES string of the molecule is CC1CN(c2ccccc2N(C)C)C(C)CN1. The number of nitrogens with zero attached hydrogens (tertiary/aromatic N) is 2. The molecule has 2 rings (SSSR count). The minimum atomic E-state index is 0.548. The molecule has 94 valence electrons. The van der Waals surface area contributed by atoms with E-state index >= 15 is 0 Å². The maximum atomic E-state index is 3.52. The molecular formula is C14H23N3. The summed E-state index contributed by atoms with van der Waals surface area (Å²) in [6, 6.07) is 9.75. The second-order valence-electron chi connectivity index (χ2n) is 5.19. The summed E-state index contributed by atoms with van der Waals surface area (Å²) in [7, 11) is 4.21. The molecule has 0 spiro atoms. The number of benzene rings is 1. The molecule has 3 heteroatoms. The number of hydrogen-bond donors (Lipinski definition) is 1. The van der Waals surface area contributed by atoms with Crippen LogP contribution in [0.25, 0.3) is 0 Å². The van der Waals surface area contributed by atoms with Crippen molar-refractivity contribution in [2.24, 2.45) is 0 Å². The Morgan fingerprint density at radius 1 is 1.24 bits per heavy atom. The number of para-hydroxylation sites is 2. The fraction of sp³-hybridized carbons (Fsp3) is 0.571. The zero-order valence-corrected chi connectivity index (χ0v) is 11.3. The first-order chi connectivity index (χ1) is 8.09. The van der Waals surface area contributed by atoms with Gasteiger partial charge >= 0.3 is 0 Å². The van der Waals surface area contributed by atoms with Gasteiger partial charge in [0.05, 0.1) is 11.4 Å². The predicted molar refractivity (Wildman–Crippen MR) is 75.0 cm³/mol. The number of anilines is 2. The van der Waals surface area contributed by atoms with Crippen molar-refractivity contribution < 1.29 is 0 Å². The van der Waals surface area contributed by atoms with Gasteiger partial charge in [-0.25, -0.2) is 0 Å². The molecule has 1 heterocycles. The van der Waals surface area contributed by atoms with Gasteiger partial charge in [-0.2, -0.15) is 0 Å². The predicted octanol–water partition coefficient (Wildman–Crippen LogP) is 1.94. The molecule has 1 fully saturated rings. The molecular weight excluding hydrogens is 210 g/mol. The van der Waals surface area contributed by atoms with Crippen molar-refractivity contribution in [3.63, 3.8) is 0 Å². The number of piperazine rings is 1. The summed E-state index contributed by atoms with van der Waals surface area (Å²) < 4.78 is 0. The zero-order valence-electron chi connectivity index (χ0n) is 11.3. The molecule has 2 atom stereocenters. The molecule has 3 nitrogen and oxygen atoms in total. The maximum Gasteiger partial charge on any atom is 0.0607 e. The highest BCUT2D eigenvalue weighted by Gasteiger charge is 2.24. The smallest absolute Gasteiger partial charge is 0.0607 e. The molecule has 0 amide bonds. The highest BCUT2D eigenvalue weighted by Crippen LogP contribution is 2.30. The van der Waals surface area contributed by atoms with Crippen LogP contribution in [0.3, 0.4) is 0 Å². The Morgan fingerprint density at radius 2 is 1.94 bits per heavy atom. The second kappa shape index (κ2) is 4.96. The van der Waals surface area contributed by atoms with E-state index < -0.39 is 0 Å². The van der Waals surface area contributed by atoms with Crippen LogP contribution >= 0.6 is 0 Å². The van der Waals surface area contributed by atoms with Crippen LogP contribution in [0.2, 0.25) is 0 Å². The third-order valence-electron chi connectivity index (χ3n) is 3.44. The van der Waals surface area contributed by atoms with Gasteiger partial charge in [0, 0.05) is 39.3 Å². The first kappa shape index (κ1) is 12.2. The Labute approximate surface area is 104 Å². The van der Waals surface area contributed by atoms with Gasteiger partial charge in [-0.1, -0.05) is 12.1 Å². The van der Waals surface area contributed by atoms with Crippen molar-refractivity contribution in [2.45, 2.75) is 25.9 Å². The molecule has 2 unspecified atom stereocenters. The topological polar surface area (TPSA) is 18.5 Å². The van der Waals surface area contributed by atoms with Gasteiger partial charge in [0.1, 0.15) is 0 Å². The summed E-state index contributed by atoms with van der Waals surface area (Å²) in [5.41, 5.74) is 2.65. The van der Waals surface area contributed by atoms with E-state index in [1.54, 1.807) is 0 Å². The van der Waals surface area contributed by atoms with E-state index in [9.17, 15) is 0 Å². The van der Waals surface area contributed by atoms with E-state index in [0.29, 0.717) is 12.1 Å². The third kappa shape index (κ3) is 2.55. The summed E-state index contributed by atoms with van der Waals surface area (Å²) in [4.78, 5) is 4.70. The highest BCUT2D eigenvalue weighted by atomic mass is 15.2. The van der Waals surface area contributed by atoms with Gasteiger partial charge in [-0.15, -0.1) is 0 Å². The van der Waals surface area contributed by atoms with Crippen LogP contribution in [0.5, 0.6) is 0 Å². The molecule has 0 aliphatic carbocycles. The Kier molecular flexibility index (Phi) is 3.57. The summed E-state index contributed by atoms with van der Waals surface area (Å²) in [6.45, 7) is 6.66. The monoisotopic (exact) mass is 233 g/mol. The van der Waals surface area contributed by atoms with Gasteiger partial charge in [-0.05, 0) is 26.0 Å². The Hall–Kier alpha value is -1.22. The third-order valence-corrected chi connectivity index (χ3v) is 3.44. The van der Waals surface area contributed by atoms with Crippen LogP contribution in [0.1, 0.15) is 13.8 Å². The maximum absolute atomic E-state index is 3.52. The molecule has 0 aromatic heterocycles. The quantitative estimate of drug-likeness (QED) is 0.842. The molecule has 1 N–H and O–H groups in total. The van der Waals surface area contributed by atoms with E-state index in [-0.39, 0.29) is 0 Å². The summed E-state index contributed by atoms with van der Waals surface area (Å²) in [5, 5.41) is 3.52. The van der Waals surface area contributed by atoms with Crippen molar-refractivity contribution in [2.75, 3.05) is 37.0 Å². The minimum Gasteiger partial charge on any atom is -0.376 e. The highest BCUT2D eigenvalue weighted by molar-refractivity contribution is 5.71. The lowest BCUT2D eigenvalue weighted by Gasteiger charge is -2.40. The Bertz CT molecular complexity index is 375. The van der Waals surface area contributed by atoms with Gasteiger partial charge in [-0.3, -0.25) is 0 Å². The molecule has 1 aromatic rings. The molecule has 17 heavy (non-hydrogen) atoms. The molecule has 0 radical (unpaired) electrons. The second-order valence-corrected chi connectivity index (χ2v) is 5.19. The first-order valence-corrected chi connectivity index (χ1v) is 6.36. The minimum absolute atomic E-state index is 0.548. The largest absolute Gasteiger partial charge is 0.376 e. The average Bonchev–Trinajstić information content (AvgIpc) is 2.32. The van der Waals surface area contributed by atoms with Crippen molar-refractivity contribution in [1.82, 2.24) is 5.32 Å². The standard InChI is InChI=1S/C14H23N3/c1-11-10-17(12(2)9-15-11)14-8-6-5-7-13(14)16(3)4/h5-8,11-12,15H,9-10H2,1-4H3. The molecule has 1 aliphatic heterocycles. The normalized spacial score (nSPS) is 24.8. The number of rotatable bonds is 2. The summed E-state index contributed by atoms with van der Waals surface area (Å²) in [5.74, 6) is 0. The van der Waals surface area contributed by atoms with Gasteiger partial charge < -0.3 is 15.1 Å². The van der Waals surface area contributed by atoms with E-state index in [4.69, 9.17) is 0 Å². The Morgan fingerprint density at radius 3 is 2.65 bits per heavy atom. The van der Waals surface area contributed by atoms with Crippen molar-refractivity contribution in [3.05, 3.63) is 24.3 Å². The van der Waals surface area contributed by atoms with E-state index in [1.807, 2.05) is 0 Å². The van der Waals surface area contributed by atoms with Crippen LogP contribution in [-0.2, 0) is 0 Å². The van der Waals surface area contributed by atoms with Gasteiger partial charge in [0.2, 0.25) is 0 Å². The first-order valence-electron chi connectivity index (χ1n) is 6.36. The molecule has 1 saturated heterocycles. The Balaban J connectivity index is 2.31. The number of hydrogen-bond acceptors (Lipinski definition) is 3. The molecule has 0 bridgehead atoms. The fourth-order valence-corrected chi connectivity index (χ4v) is 2.44. The van der Waals surface area contributed by atoms with Crippen LogP contribution in [-0.4, -0.2) is 39.3 Å². The van der Waals surface area contributed by atoms with Crippen LogP contribution in [0, 0.1) is 0 Å². The lowest BCUT2D eigenvalue weighted by atomic mass is 10.1. The molecule has 1 aliphatic rings. The van der Waals surface area contributed by atoms with Gasteiger partial charge in [0.25, 0.3) is 0 Å². The van der Waals surface area contributed by atoms with Crippen LogP contribution in [0.15, 0.2) is 24.3 Å². The van der Waals surface area contributed by atoms with Crippen molar-refractivity contribution >= 4 is 11.4 Å². The van der Waals surface area contributed by atoms with Crippen molar-refractivity contribution in [3.8, 4) is 0 Å². The zero-order chi connectivity index (χ0) is 12.4. The summed E-state index contributed by atoms with van der Waals surface area (Å²) in [6.07, 6.45) is 0. The summed E-state index contributed by atoms with van der Waals surface area (Å²) >= 11 is 0. The van der Waals surface area contributed by atoms with Crippen LogP contribution < -0.4 is 15.1 Å². The van der Waals surface area contributed by atoms with E-state index in [1.165, 1.54) is 11.4 Å². The van der Waals surface area contributed by atoms with E-state index in [0.717, 1.165) is 13.1 Å². The van der Waals surface area contributed by atoms with E-state index in [2.05, 4.69) is 67.3 Å². The average molecular weight is 233 g/mol. The lowest BCUT2D eigenvalue weighted by Crippen LogP contribution is -2.54. The van der Waals surface area contributed by atoms with Crippen molar-refractivity contribution in [1.29, 1.82) is 0 Å². The molecule has 1 aromatic carbocycles. The number of nitrogens with one attached hydrogen (secondary N) is 1. The van der Waals surface area contributed by atoms with Gasteiger partial charge in [0.15, 0.2) is 0 Å². The van der Waals surface area contributed by atoms with Crippen LogP contribution in [0.4, 0.5) is 11.4 Å². The molecule has 0 saturated carbocycles. The fourth-order valence-electron chi connectivity index (χ4n) is 2.44.